The van der Waals surface area contributed by atoms with Crippen LogP contribution in [0.3, 0.4) is 0 Å². The van der Waals surface area contributed by atoms with Crippen LogP contribution in [0.5, 0.6) is 0 Å². The fourth-order valence-electron chi connectivity index (χ4n) is 0.203. The molecule has 0 aliphatic heterocycles. The first-order chi connectivity index (χ1) is 2.77. The molecule has 0 amide bonds. The van der Waals surface area contributed by atoms with E-state index < -0.39 is 0 Å². The second-order valence-corrected chi connectivity index (χ2v) is 3.36. The van der Waals surface area contributed by atoms with Gasteiger partial charge in [0.25, 0.3) is 0 Å². The third kappa shape index (κ3) is 10.9. The van der Waals surface area contributed by atoms with Gasteiger partial charge < -0.3 is 0 Å². The Balaban J connectivity index is 0. The van der Waals surface area contributed by atoms with Gasteiger partial charge in [0.15, 0.2) is 0 Å². The summed E-state index contributed by atoms with van der Waals surface area (Å²) >= 11 is 1.53. The van der Waals surface area contributed by atoms with Gasteiger partial charge in [-0.2, -0.15) is 0 Å². The fraction of sp³-hybridized carbons (Fsp3) is 0.400. The second kappa shape index (κ2) is 6.99. The van der Waals surface area contributed by atoms with Gasteiger partial charge in [-0.1, -0.05) is 0 Å². The predicted octanol–water partition coefficient (Wildman–Crippen LogP) is 1.10. The molecule has 0 aromatic heterocycles. The second-order valence-electron chi connectivity index (χ2n) is 1.04. The Hall–Kier alpha value is 0.987. The van der Waals surface area contributed by atoms with Crippen LogP contribution in [0.4, 0.5) is 0 Å². The molecule has 2 heteroatoms. The number of hydrogen-bond donors (Lipinski definition) is 0. The normalized spacial score (nSPS) is 8.29. The van der Waals surface area contributed by atoms with Crippen LogP contribution in [-0.2, 0) is 40.4 Å². The third-order valence-corrected chi connectivity index (χ3v) is 0.771. The maximum absolute atomic E-state index is 2.93. The monoisotopic (exact) mass is 435 g/mol. The van der Waals surface area contributed by atoms with E-state index in [4.69, 9.17) is 0 Å². The molecule has 0 atom stereocenters. The Morgan fingerprint density at radius 3 is 2.14 bits per heavy atom. The SMILES string of the molecule is C[C-]=C[C](C)=[W].[W]. The van der Waals surface area contributed by atoms with Gasteiger partial charge in [0.05, 0.1) is 0 Å². The molecule has 0 aliphatic carbocycles. The molecule has 0 saturated heterocycles. The molecule has 7 heavy (non-hydrogen) atoms. The Kier molecular flexibility index (Phi) is 10.9. The smallest absolute Gasteiger partial charge is 0 e. The number of hydrogen-bond acceptors (Lipinski definition) is 0. The van der Waals surface area contributed by atoms with Crippen molar-refractivity contribution in [3.63, 3.8) is 0 Å². The van der Waals surface area contributed by atoms with Crippen molar-refractivity contribution in [2.75, 3.05) is 0 Å². The molecule has 0 nitrogen and oxygen atoms in total. The Morgan fingerprint density at radius 2 is 2.14 bits per heavy atom. The molecule has 0 aromatic rings. The van der Waals surface area contributed by atoms with Gasteiger partial charge in [0.1, 0.15) is 0 Å². The van der Waals surface area contributed by atoms with Crippen molar-refractivity contribution in [1.29, 1.82) is 0 Å². The van der Waals surface area contributed by atoms with E-state index in [1.165, 1.54) is 23.3 Å². The minimum atomic E-state index is 0. The third-order valence-electron chi connectivity index (χ3n) is 0.348. The minimum Gasteiger partial charge on any atom is 0 e. The standard InChI is InChI=1S/C5H7.2W/c1-3-5-4-2;;/h5H,1-2H3;;/q-1;;. The van der Waals surface area contributed by atoms with Crippen LogP contribution < -0.4 is 0 Å². The number of rotatable bonds is 1. The van der Waals surface area contributed by atoms with Crippen LogP contribution >= 0.6 is 0 Å². The molecule has 0 heterocycles. The van der Waals surface area contributed by atoms with Crippen molar-refractivity contribution in [2.45, 2.75) is 13.8 Å². The van der Waals surface area contributed by atoms with Crippen molar-refractivity contribution in [1.82, 2.24) is 0 Å². The van der Waals surface area contributed by atoms with E-state index >= 15 is 0 Å². The molecule has 0 fully saturated rings. The summed E-state index contributed by atoms with van der Waals surface area (Å²) in [6.45, 7) is 4.00. The predicted molar refractivity (Wildman–Crippen MR) is 24.2 cm³/mol. The van der Waals surface area contributed by atoms with Gasteiger partial charge in [-0.05, 0) is 0 Å². The van der Waals surface area contributed by atoms with Crippen molar-refractivity contribution in [2.24, 2.45) is 0 Å². The summed E-state index contributed by atoms with van der Waals surface area (Å²) in [7, 11) is 0. The largest absolute Gasteiger partial charge is 0 e. The van der Waals surface area contributed by atoms with Crippen molar-refractivity contribution >= 4 is 3.90 Å². The van der Waals surface area contributed by atoms with Crippen LogP contribution in [0.1, 0.15) is 13.8 Å². The minimum absolute atomic E-state index is 0. The van der Waals surface area contributed by atoms with E-state index in [2.05, 4.69) is 13.0 Å². The molecule has 0 unspecified atom stereocenters. The molecular weight excluding hydrogens is 428 g/mol. The van der Waals surface area contributed by atoms with Gasteiger partial charge in [0.2, 0.25) is 0 Å². The maximum Gasteiger partial charge on any atom is 0 e. The zero-order valence-electron chi connectivity index (χ0n) is 4.39. The molecule has 0 N–H and O–H groups in total. The quantitative estimate of drug-likeness (QED) is 0.542. The summed E-state index contributed by atoms with van der Waals surface area (Å²) in [6.07, 6.45) is 4.92. The average molecular weight is 435 g/mol. The van der Waals surface area contributed by atoms with Crippen molar-refractivity contribution in [3.05, 3.63) is 12.2 Å². The molecule has 0 saturated carbocycles. The number of allylic oxidation sites excluding steroid dienone is 2. The van der Waals surface area contributed by atoms with Crippen LogP contribution in [-0.4, -0.2) is 3.90 Å². The van der Waals surface area contributed by atoms with Crippen LogP contribution in [0.25, 0.3) is 0 Å². The molecule has 0 aliphatic rings. The van der Waals surface area contributed by atoms with E-state index in [0.29, 0.717) is 0 Å². The first kappa shape index (κ1) is 10.9. The average Bonchev–Trinajstić information content (AvgIpc) is 1.35. The molecule has 0 rings (SSSR count). The van der Waals surface area contributed by atoms with Gasteiger partial charge in [-0.3, -0.25) is 0 Å². The molecule has 0 bridgehead atoms. The first-order valence-corrected chi connectivity index (χ1v) is 3.25. The van der Waals surface area contributed by atoms with Crippen LogP contribution in [0, 0.1) is 6.08 Å². The summed E-state index contributed by atoms with van der Waals surface area (Å²) in [5.74, 6) is 0. The first-order valence-electron chi connectivity index (χ1n) is 1.78. The van der Waals surface area contributed by atoms with E-state index in [0.717, 1.165) is 0 Å². The zero-order chi connectivity index (χ0) is 4.99. The summed E-state index contributed by atoms with van der Waals surface area (Å²) in [4.78, 5) is 0. The summed E-state index contributed by atoms with van der Waals surface area (Å²) < 4.78 is 1.39. The summed E-state index contributed by atoms with van der Waals surface area (Å²) in [5, 5.41) is 0. The van der Waals surface area contributed by atoms with E-state index in [1.807, 2.05) is 13.0 Å². The van der Waals surface area contributed by atoms with Gasteiger partial charge in [-0.15, -0.1) is 0 Å². The molecule has 40 valence electrons. The van der Waals surface area contributed by atoms with Crippen LogP contribution in [0.2, 0.25) is 0 Å². The van der Waals surface area contributed by atoms with E-state index in [9.17, 15) is 0 Å². The zero-order valence-corrected chi connectivity index (χ0v) is 10.3. The van der Waals surface area contributed by atoms with E-state index in [-0.39, 0.29) is 21.1 Å². The molecule has 0 aromatic carbocycles. The molecule has 0 spiro atoms. The van der Waals surface area contributed by atoms with Crippen LogP contribution in [0.15, 0.2) is 6.08 Å². The van der Waals surface area contributed by atoms with Crippen molar-refractivity contribution in [3.8, 4) is 0 Å². The Morgan fingerprint density at radius 1 is 1.71 bits per heavy atom. The topological polar surface area (TPSA) is 0 Å². The summed E-state index contributed by atoms with van der Waals surface area (Å²) in [6, 6.07) is 0. The van der Waals surface area contributed by atoms with Gasteiger partial charge in [-0.25, -0.2) is 0 Å². The van der Waals surface area contributed by atoms with Gasteiger partial charge in [0, 0.05) is 21.1 Å². The summed E-state index contributed by atoms with van der Waals surface area (Å²) in [5.41, 5.74) is 0. The Bertz CT molecular complexity index is 74.1. The molecular formula is C5H7W2-. The fourth-order valence-corrected chi connectivity index (χ4v) is 0.627. The molecule has 0 radical (unpaired) electrons. The van der Waals surface area contributed by atoms with Crippen molar-refractivity contribution < 1.29 is 40.4 Å². The van der Waals surface area contributed by atoms with E-state index in [1.54, 1.807) is 0 Å². The maximum atomic E-state index is 2.93. The van der Waals surface area contributed by atoms with Gasteiger partial charge >= 0.3 is 49.3 Å². The Labute approximate surface area is 70.1 Å².